The largest absolute Gasteiger partial charge is 0.416 e. The number of halogens is 3. The van der Waals surface area contributed by atoms with Gasteiger partial charge in [0.25, 0.3) is 0 Å². The predicted octanol–water partition coefficient (Wildman–Crippen LogP) is 6.47. The molecule has 0 spiro atoms. The van der Waals surface area contributed by atoms with E-state index in [0.29, 0.717) is 12.0 Å². The Kier molecular flexibility index (Phi) is 9.81. The second-order valence-corrected chi connectivity index (χ2v) is 5.89. The molecule has 0 aromatic heterocycles. The molecule has 0 N–H and O–H groups in total. The first-order chi connectivity index (χ1) is 11.1. The third-order valence-corrected chi connectivity index (χ3v) is 3.98. The van der Waals surface area contributed by atoms with Crippen molar-refractivity contribution in [2.24, 2.45) is 4.99 Å². The topological polar surface area (TPSA) is 12.4 Å². The van der Waals surface area contributed by atoms with E-state index in [0.717, 1.165) is 45.1 Å². The molecule has 23 heavy (non-hydrogen) atoms. The Morgan fingerprint density at radius 1 is 0.870 bits per heavy atom. The summed E-state index contributed by atoms with van der Waals surface area (Å²) >= 11 is 4.50. The smallest absolute Gasteiger partial charge is 0.233 e. The zero-order valence-electron chi connectivity index (χ0n) is 13.4. The fourth-order valence-electron chi connectivity index (χ4n) is 2.63. The van der Waals surface area contributed by atoms with Crippen molar-refractivity contribution in [1.82, 2.24) is 0 Å². The summed E-state index contributed by atoms with van der Waals surface area (Å²) in [4.78, 5) is 3.87. The van der Waals surface area contributed by atoms with Crippen molar-refractivity contribution in [3.05, 3.63) is 35.4 Å². The highest BCUT2D eigenvalue weighted by molar-refractivity contribution is 7.78. The highest BCUT2D eigenvalue weighted by atomic mass is 32.1. The molecule has 1 aromatic carbocycles. The lowest BCUT2D eigenvalue weighted by molar-refractivity contribution is -0.138. The van der Waals surface area contributed by atoms with E-state index in [1.165, 1.54) is 25.0 Å². The fraction of sp³-hybridized carbons (Fsp3) is 0.611. The Morgan fingerprint density at radius 2 is 1.43 bits per heavy atom. The van der Waals surface area contributed by atoms with Gasteiger partial charge in [0.1, 0.15) is 0 Å². The summed E-state index contributed by atoms with van der Waals surface area (Å²) in [5.74, 6) is 0. The van der Waals surface area contributed by atoms with Gasteiger partial charge in [-0.25, -0.2) is 4.99 Å². The maximum absolute atomic E-state index is 12.9. The van der Waals surface area contributed by atoms with Gasteiger partial charge in [0.05, 0.1) is 10.7 Å². The van der Waals surface area contributed by atoms with Crippen LogP contribution in [0, 0.1) is 0 Å². The molecule has 0 unspecified atom stereocenters. The molecule has 0 aliphatic heterocycles. The molecule has 0 radical (unpaired) electrons. The Morgan fingerprint density at radius 3 is 2.04 bits per heavy atom. The summed E-state index contributed by atoms with van der Waals surface area (Å²) in [5.41, 5.74) is -0.0712. The molecule has 0 amide bonds. The van der Waals surface area contributed by atoms with Crippen molar-refractivity contribution in [2.75, 3.05) is 6.54 Å². The molecule has 0 saturated heterocycles. The fourth-order valence-corrected chi connectivity index (χ4v) is 2.72. The zero-order chi connectivity index (χ0) is 17.0. The lowest BCUT2D eigenvalue weighted by atomic mass is 10.00. The van der Waals surface area contributed by atoms with E-state index in [9.17, 15) is 13.2 Å². The van der Waals surface area contributed by atoms with E-state index in [1.54, 1.807) is 12.1 Å². The maximum atomic E-state index is 12.9. The molecular weight excluding hydrogens is 319 g/mol. The molecule has 1 rings (SSSR count). The number of alkyl halides is 3. The van der Waals surface area contributed by atoms with Crippen LogP contribution in [0.4, 0.5) is 13.2 Å². The number of isothiocyanates is 1. The third kappa shape index (κ3) is 8.87. The van der Waals surface area contributed by atoms with Crippen LogP contribution in [0.5, 0.6) is 0 Å². The van der Waals surface area contributed by atoms with Crippen molar-refractivity contribution < 1.29 is 13.2 Å². The van der Waals surface area contributed by atoms with E-state index >= 15 is 0 Å². The normalized spacial score (nSPS) is 11.3. The molecule has 0 atom stereocenters. The monoisotopic (exact) mass is 343 g/mol. The van der Waals surface area contributed by atoms with Gasteiger partial charge in [0, 0.05) is 6.54 Å². The zero-order valence-corrected chi connectivity index (χ0v) is 14.2. The van der Waals surface area contributed by atoms with Crippen LogP contribution >= 0.6 is 12.2 Å². The number of hydrogen-bond acceptors (Lipinski definition) is 2. The van der Waals surface area contributed by atoms with Gasteiger partial charge >= 0.3 is 6.18 Å². The molecule has 0 aliphatic rings. The number of unbranched alkanes of at least 4 members (excludes halogenated alkanes) is 7. The van der Waals surface area contributed by atoms with Gasteiger partial charge in [-0.05, 0) is 43.1 Å². The van der Waals surface area contributed by atoms with E-state index in [2.05, 4.69) is 22.4 Å². The van der Waals surface area contributed by atoms with Gasteiger partial charge < -0.3 is 0 Å². The van der Waals surface area contributed by atoms with Gasteiger partial charge in [-0.2, -0.15) is 13.2 Å². The molecule has 0 fully saturated rings. The molecule has 128 valence electrons. The third-order valence-electron chi connectivity index (χ3n) is 3.85. The molecular formula is C18H24F3NS. The van der Waals surface area contributed by atoms with Crippen molar-refractivity contribution in [3.63, 3.8) is 0 Å². The summed E-state index contributed by atoms with van der Waals surface area (Å²) in [6.07, 6.45) is 4.87. The first-order valence-electron chi connectivity index (χ1n) is 8.24. The standard InChI is InChI=1S/C18H24F3NS/c19-18(20,21)17-13-9-8-12-16(17)11-7-5-3-1-2-4-6-10-14-22-15-23/h8-9,12-13H,1-7,10-11,14H2. The maximum Gasteiger partial charge on any atom is 0.416 e. The van der Waals surface area contributed by atoms with Crippen LogP contribution in [-0.2, 0) is 12.6 Å². The molecule has 0 heterocycles. The van der Waals surface area contributed by atoms with Crippen LogP contribution in [0.15, 0.2) is 29.3 Å². The molecule has 0 bridgehead atoms. The average molecular weight is 343 g/mol. The van der Waals surface area contributed by atoms with Gasteiger partial charge in [-0.15, -0.1) is 0 Å². The Bertz CT molecular complexity index is 493. The second-order valence-electron chi connectivity index (χ2n) is 5.71. The minimum Gasteiger partial charge on any atom is -0.233 e. The quantitative estimate of drug-likeness (QED) is 0.255. The summed E-state index contributed by atoms with van der Waals surface area (Å²) < 4.78 is 38.6. The minimum atomic E-state index is -4.25. The highest BCUT2D eigenvalue weighted by Gasteiger charge is 2.32. The van der Waals surface area contributed by atoms with Crippen LogP contribution in [0.1, 0.15) is 62.5 Å². The Hall–Kier alpha value is -1.19. The summed E-state index contributed by atoms with van der Waals surface area (Å²) in [6.45, 7) is 0.766. The van der Waals surface area contributed by atoms with E-state index in [1.807, 2.05) is 0 Å². The predicted molar refractivity (Wildman–Crippen MR) is 92.0 cm³/mol. The van der Waals surface area contributed by atoms with Gasteiger partial charge in [-0.1, -0.05) is 56.7 Å². The van der Waals surface area contributed by atoms with Crippen LogP contribution < -0.4 is 0 Å². The molecule has 1 nitrogen and oxygen atoms in total. The minimum absolute atomic E-state index is 0.416. The lowest BCUT2D eigenvalue weighted by Gasteiger charge is -2.12. The van der Waals surface area contributed by atoms with Gasteiger partial charge in [0.2, 0.25) is 0 Å². The molecule has 5 heteroatoms. The average Bonchev–Trinajstić information content (AvgIpc) is 2.52. The molecule has 0 saturated carbocycles. The Labute approximate surface area is 142 Å². The lowest BCUT2D eigenvalue weighted by Crippen LogP contribution is -2.08. The van der Waals surface area contributed by atoms with Crippen molar-refractivity contribution in [1.29, 1.82) is 0 Å². The van der Waals surface area contributed by atoms with Crippen LogP contribution in [0.2, 0.25) is 0 Å². The van der Waals surface area contributed by atoms with Gasteiger partial charge in [-0.3, -0.25) is 0 Å². The van der Waals surface area contributed by atoms with Crippen LogP contribution in [0.25, 0.3) is 0 Å². The number of benzene rings is 1. The van der Waals surface area contributed by atoms with E-state index < -0.39 is 11.7 Å². The summed E-state index contributed by atoms with van der Waals surface area (Å²) in [5, 5.41) is 2.36. The summed E-state index contributed by atoms with van der Waals surface area (Å²) in [7, 11) is 0. The van der Waals surface area contributed by atoms with Crippen LogP contribution in [0.3, 0.4) is 0 Å². The first kappa shape index (κ1) is 19.9. The van der Waals surface area contributed by atoms with E-state index in [4.69, 9.17) is 0 Å². The molecule has 1 aromatic rings. The highest BCUT2D eigenvalue weighted by Crippen LogP contribution is 2.32. The number of rotatable bonds is 11. The van der Waals surface area contributed by atoms with Crippen molar-refractivity contribution in [2.45, 2.75) is 64.0 Å². The number of aliphatic imine (C=N–C) groups is 1. The van der Waals surface area contributed by atoms with Gasteiger partial charge in [0.15, 0.2) is 0 Å². The molecule has 0 aliphatic carbocycles. The second kappa shape index (κ2) is 11.4. The first-order valence-corrected chi connectivity index (χ1v) is 8.65. The number of aryl methyl sites for hydroxylation is 1. The Balaban J connectivity index is 2.11. The van der Waals surface area contributed by atoms with Crippen molar-refractivity contribution in [3.8, 4) is 0 Å². The number of thiocarbonyl (C=S) groups is 1. The van der Waals surface area contributed by atoms with Crippen LogP contribution in [-0.4, -0.2) is 11.7 Å². The number of hydrogen-bond donors (Lipinski definition) is 0. The van der Waals surface area contributed by atoms with Crippen molar-refractivity contribution >= 4 is 17.4 Å². The number of nitrogens with zero attached hydrogens (tertiary/aromatic N) is 1. The SMILES string of the molecule is FC(F)(F)c1ccccc1CCCCCCCCCCN=C=S. The summed E-state index contributed by atoms with van der Waals surface area (Å²) in [6, 6.07) is 5.89. The van der Waals surface area contributed by atoms with E-state index in [-0.39, 0.29) is 0 Å².